The lowest BCUT2D eigenvalue weighted by atomic mass is 10.1. The summed E-state index contributed by atoms with van der Waals surface area (Å²) in [5.41, 5.74) is 5.46. The number of nitrogens with one attached hydrogen (secondary N) is 1. The number of hydrogen-bond acceptors (Lipinski definition) is 5. The molecule has 1 saturated heterocycles. The van der Waals surface area contributed by atoms with Crippen molar-refractivity contribution in [1.82, 2.24) is 14.8 Å². The molecule has 31 heavy (non-hydrogen) atoms. The van der Waals surface area contributed by atoms with Crippen LogP contribution in [0.3, 0.4) is 0 Å². The first-order valence-electron chi connectivity index (χ1n) is 10.9. The van der Waals surface area contributed by atoms with Crippen LogP contribution in [0.1, 0.15) is 17.5 Å². The zero-order valence-electron chi connectivity index (χ0n) is 17.5. The molecule has 2 aliphatic heterocycles. The molecule has 1 aromatic heterocycles. The number of aliphatic imine (C=N–C) groups is 1. The molecule has 0 radical (unpaired) electrons. The van der Waals surface area contributed by atoms with Crippen LogP contribution in [-0.4, -0.2) is 53.3 Å². The molecule has 5 rings (SSSR count). The second kappa shape index (κ2) is 9.08. The predicted octanol–water partition coefficient (Wildman–Crippen LogP) is 5.12. The number of aryl methyl sites for hydroxylation is 1. The van der Waals surface area contributed by atoms with Gasteiger partial charge in [0.25, 0.3) is 0 Å². The number of piperazine rings is 1. The second-order valence-corrected chi connectivity index (χ2v) is 8.49. The van der Waals surface area contributed by atoms with Crippen molar-refractivity contribution in [1.29, 1.82) is 0 Å². The molecule has 158 valence electrons. The fourth-order valence-electron chi connectivity index (χ4n) is 4.29. The topological polar surface area (TPSA) is 43.8 Å². The Hall–Kier alpha value is -2.89. The van der Waals surface area contributed by atoms with Crippen LogP contribution >= 0.6 is 11.6 Å². The summed E-state index contributed by atoms with van der Waals surface area (Å²) in [5, 5.41) is 4.24. The Labute approximate surface area is 188 Å². The van der Waals surface area contributed by atoms with Gasteiger partial charge in [0.05, 0.1) is 11.4 Å². The van der Waals surface area contributed by atoms with Crippen LogP contribution in [0.4, 0.5) is 17.1 Å². The van der Waals surface area contributed by atoms with Gasteiger partial charge >= 0.3 is 0 Å². The maximum Gasteiger partial charge on any atom is 0.138 e. The van der Waals surface area contributed by atoms with Crippen molar-refractivity contribution in [2.45, 2.75) is 12.8 Å². The van der Waals surface area contributed by atoms with Gasteiger partial charge in [-0.25, -0.2) is 4.99 Å². The smallest absolute Gasteiger partial charge is 0.138 e. The number of amidine groups is 1. The Balaban J connectivity index is 1.28. The molecule has 1 fully saturated rings. The molecule has 5 nitrogen and oxygen atoms in total. The summed E-state index contributed by atoms with van der Waals surface area (Å²) in [4.78, 5) is 14.1. The molecule has 6 heteroatoms. The number of pyridine rings is 1. The van der Waals surface area contributed by atoms with E-state index in [4.69, 9.17) is 16.6 Å². The average Bonchev–Trinajstić information content (AvgIpc) is 2.97. The van der Waals surface area contributed by atoms with Crippen LogP contribution < -0.4 is 5.32 Å². The number of anilines is 2. The highest BCUT2D eigenvalue weighted by Crippen LogP contribution is 2.36. The summed E-state index contributed by atoms with van der Waals surface area (Å²) in [5.74, 6) is 1.03. The van der Waals surface area contributed by atoms with Crippen molar-refractivity contribution >= 4 is 34.5 Å². The summed E-state index contributed by atoms with van der Waals surface area (Å²) in [6, 6.07) is 18.5. The van der Waals surface area contributed by atoms with Crippen molar-refractivity contribution in [3.63, 3.8) is 0 Å². The van der Waals surface area contributed by atoms with E-state index < -0.39 is 0 Å². The van der Waals surface area contributed by atoms with Gasteiger partial charge in [-0.05, 0) is 67.4 Å². The number of benzene rings is 2. The maximum absolute atomic E-state index is 6.27. The average molecular weight is 432 g/mol. The molecule has 0 atom stereocenters. The number of para-hydroxylation sites is 1. The monoisotopic (exact) mass is 431 g/mol. The Morgan fingerprint density at radius 1 is 0.903 bits per heavy atom. The van der Waals surface area contributed by atoms with E-state index in [1.54, 1.807) is 0 Å². The van der Waals surface area contributed by atoms with Gasteiger partial charge in [-0.2, -0.15) is 0 Å². The zero-order chi connectivity index (χ0) is 21.0. The summed E-state index contributed by atoms with van der Waals surface area (Å²) in [6.07, 6.45) is 6.02. The molecule has 0 unspecified atom stereocenters. The molecule has 0 bridgehead atoms. The number of fused-ring (bicyclic) bond motifs is 2. The number of nitrogens with zero attached hydrogens (tertiary/aromatic N) is 4. The van der Waals surface area contributed by atoms with Gasteiger partial charge in [0.15, 0.2) is 0 Å². The lowest BCUT2D eigenvalue weighted by Crippen LogP contribution is -2.49. The quantitative estimate of drug-likeness (QED) is 0.622. The van der Waals surface area contributed by atoms with Gasteiger partial charge in [-0.1, -0.05) is 23.7 Å². The summed E-state index contributed by atoms with van der Waals surface area (Å²) < 4.78 is 0. The van der Waals surface area contributed by atoms with Gasteiger partial charge in [-0.3, -0.25) is 9.88 Å². The molecule has 3 heterocycles. The third-order valence-corrected chi connectivity index (χ3v) is 6.22. The molecule has 0 spiro atoms. The van der Waals surface area contributed by atoms with Crippen molar-refractivity contribution < 1.29 is 0 Å². The SMILES string of the molecule is Clc1ccc2c(c1)N=C(N1CCN(CCCc3ccncc3)CC1)c1ccccc1N2. The molecule has 0 aliphatic carbocycles. The molecule has 0 amide bonds. The largest absolute Gasteiger partial charge is 0.353 e. The minimum Gasteiger partial charge on any atom is -0.353 e. The lowest BCUT2D eigenvalue weighted by molar-refractivity contribution is 0.181. The Bertz CT molecular complexity index is 1070. The highest BCUT2D eigenvalue weighted by molar-refractivity contribution is 6.31. The van der Waals surface area contributed by atoms with Crippen molar-refractivity contribution in [2.75, 3.05) is 38.0 Å². The maximum atomic E-state index is 6.27. The van der Waals surface area contributed by atoms with E-state index in [0.717, 1.165) is 67.6 Å². The van der Waals surface area contributed by atoms with Crippen LogP contribution in [0.15, 0.2) is 72.0 Å². The lowest BCUT2D eigenvalue weighted by Gasteiger charge is -2.36. The minimum absolute atomic E-state index is 0.702. The summed E-state index contributed by atoms with van der Waals surface area (Å²) >= 11 is 6.27. The number of hydrogen-bond donors (Lipinski definition) is 1. The van der Waals surface area contributed by atoms with E-state index in [1.807, 2.05) is 30.6 Å². The zero-order valence-corrected chi connectivity index (χ0v) is 18.2. The van der Waals surface area contributed by atoms with E-state index in [9.17, 15) is 0 Å². The normalized spacial score (nSPS) is 16.0. The van der Waals surface area contributed by atoms with Gasteiger partial charge in [-0.15, -0.1) is 0 Å². The molecule has 2 aliphatic rings. The first kappa shape index (κ1) is 20.0. The fraction of sp³-hybridized carbons (Fsp3) is 0.280. The van der Waals surface area contributed by atoms with E-state index in [0.29, 0.717) is 5.02 Å². The van der Waals surface area contributed by atoms with Crippen molar-refractivity contribution in [3.05, 3.63) is 83.1 Å². The van der Waals surface area contributed by atoms with E-state index in [-0.39, 0.29) is 0 Å². The number of aromatic nitrogens is 1. The van der Waals surface area contributed by atoms with E-state index in [2.05, 4.69) is 56.5 Å². The molecular weight excluding hydrogens is 406 g/mol. The van der Waals surface area contributed by atoms with E-state index >= 15 is 0 Å². The first-order chi connectivity index (χ1) is 15.3. The molecule has 0 saturated carbocycles. The molecule has 3 aromatic rings. The number of rotatable bonds is 4. The summed E-state index contributed by atoms with van der Waals surface area (Å²) in [6.45, 7) is 5.16. The van der Waals surface area contributed by atoms with Gasteiger partial charge in [0, 0.05) is 54.8 Å². The molecular formula is C25H26ClN5. The van der Waals surface area contributed by atoms with E-state index in [1.165, 1.54) is 12.0 Å². The van der Waals surface area contributed by atoms with Gasteiger partial charge in [0.1, 0.15) is 5.84 Å². The minimum atomic E-state index is 0.702. The Morgan fingerprint density at radius 3 is 2.55 bits per heavy atom. The first-order valence-corrected chi connectivity index (χ1v) is 11.2. The van der Waals surface area contributed by atoms with Crippen LogP contribution in [0, 0.1) is 0 Å². The standard InChI is InChI=1S/C25H26ClN5/c26-20-7-8-23-24(18-20)29-25(21-5-1-2-6-22(21)28-23)31-16-14-30(15-17-31)13-3-4-19-9-11-27-12-10-19/h1-2,5-12,18,28H,3-4,13-17H2. The Kier molecular flexibility index (Phi) is 5.87. The third kappa shape index (κ3) is 4.58. The Morgan fingerprint density at radius 2 is 1.71 bits per heavy atom. The van der Waals surface area contributed by atoms with Crippen LogP contribution in [0.5, 0.6) is 0 Å². The van der Waals surface area contributed by atoms with Crippen molar-refractivity contribution in [2.24, 2.45) is 4.99 Å². The summed E-state index contributed by atoms with van der Waals surface area (Å²) in [7, 11) is 0. The fourth-order valence-corrected chi connectivity index (χ4v) is 4.46. The van der Waals surface area contributed by atoms with Crippen molar-refractivity contribution in [3.8, 4) is 0 Å². The van der Waals surface area contributed by atoms with Gasteiger partial charge in [0.2, 0.25) is 0 Å². The number of halogens is 1. The van der Waals surface area contributed by atoms with Crippen LogP contribution in [-0.2, 0) is 6.42 Å². The molecule has 1 N–H and O–H groups in total. The molecule has 2 aromatic carbocycles. The third-order valence-electron chi connectivity index (χ3n) is 5.98. The van der Waals surface area contributed by atoms with Gasteiger partial charge < -0.3 is 10.2 Å². The highest BCUT2D eigenvalue weighted by Gasteiger charge is 2.24. The second-order valence-electron chi connectivity index (χ2n) is 8.06. The van der Waals surface area contributed by atoms with Crippen LogP contribution in [0.2, 0.25) is 5.02 Å². The van der Waals surface area contributed by atoms with Crippen LogP contribution in [0.25, 0.3) is 0 Å². The predicted molar refractivity (Wildman–Crippen MR) is 128 cm³/mol. The highest BCUT2D eigenvalue weighted by atomic mass is 35.5.